The van der Waals surface area contributed by atoms with E-state index in [1.165, 1.54) is 0 Å². The maximum absolute atomic E-state index is 12.5. The number of phenolic OH excluding ortho intramolecular Hbond substituents is 1. The molecule has 0 unspecified atom stereocenters. The minimum Gasteiger partial charge on any atom is -0.505 e. The zero-order valence-electron chi connectivity index (χ0n) is 5.34. The van der Waals surface area contributed by atoms with Crippen LogP contribution in [-0.4, -0.2) is 5.11 Å². The first-order valence-electron chi connectivity index (χ1n) is 2.70. The lowest BCUT2D eigenvalue weighted by atomic mass is 10.3. The zero-order valence-corrected chi connectivity index (χ0v) is 5.34. The Morgan fingerprint density at radius 2 is 1.91 bits per heavy atom. The molecule has 0 aliphatic heterocycles. The number of hydrogen-bond acceptors (Lipinski definition) is 3. The van der Waals surface area contributed by atoms with Crippen molar-refractivity contribution in [3.8, 4) is 11.5 Å². The largest absolute Gasteiger partial charge is 0.505 e. The van der Waals surface area contributed by atoms with Crippen molar-refractivity contribution in [3.05, 3.63) is 23.8 Å². The fourth-order valence-corrected chi connectivity index (χ4v) is 0.608. The molecule has 0 saturated carbocycles. The van der Waals surface area contributed by atoms with Crippen molar-refractivity contribution in [2.45, 2.75) is 0 Å². The summed E-state index contributed by atoms with van der Waals surface area (Å²) >= 11 is 0. The van der Waals surface area contributed by atoms with Crippen LogP contribution in [0.4, 0.5) is 8.78 Å². The first kappa shape index (κ1) is 7.74. The quantitative estimate of drug-likeness (QED) is 0.602. The molecule has 0 aliphatic rings. The lowest BCUT2D eigenvalue weighted by molar-refractivity contribution is 0.310. The lowest BCUT2D eigenvalue weighted by Gasteiger charge is -2.00. The van der Waals surface area contributed by atoms with Crippen molar-refractivity contribution in [3.63, 3.8) is 0 Å². The predicted molar refractivity (Wildman–Crippen MR) is 32.8 cm³/mol. The van der Waals surface area contributed by atoms with Crippen LogP contribution in [0.3, 0.4) is 0 Å². The SMILES string of the molecule is NOc1cc(F)c(O)cc1F. The molecule has 1 aromatic rings. The van der Waals surface area contributed by atoms with Gasteiger partial charge in [-0.3, -0.25) is 0 Å². The average Bonchev–Trinajstić information content (AvgIpc) is 1.97. The van der Waals surface area contributed by atoms with Crippen molar-refractivity contribution in [2.24, 2.45) is 5.90 Å². The number of rotatable bonds is 1. The average molecular weight is 161 g/mol. The van der Waals surface area contributed by atoms with E-state index in [0.29, 0.717) is 12.1 Å². The number of phenols is 1. The van der Waals surface area contributed by atoms with Crippen molar-refractivity contribution >= 4 is 0 Å². The second kappa shape index (κ2) is 2.71. The Morgan fingerprint density at radius 1 is 1.27 bits per heavy atom. The van der Waals surface area contributed by atoms with E-state index in [9.17, 15) is 8.78 Å². The third kappa shape index (κ3) is 1.38. The van der Waals surface area contributed by atoms with Crippen LogP contribution in [0.25, 0.3) is 0 Å². The van der Waals surface area contributed by atoms with Gasteiger partial charge in [-0.15, -0.1) is 0 Å². The molecule has 0 aliphatic carbocycles. The molecule has 0 radical (unpaired) electrons. The van der Waals surface area contributed by atoms with E-state index in [-0.39, 0.29) is 0 Å². The summed E-state index contributed by atoms with van der Waals surface area (Å²) in [6, 6.07) is 1.24. The van der Waals surface area contributed by atoms with Crippen molar-refractivity contribution in [1.82, 2.24) is 0 Å². The number of hydrogen-bond donors (Lipinski definition) is 2. The molecule has 0 fully saturated rings. The Hall–Kier alpha value is -1.36. The molecule has 0 aromatic heterocycles. The van der Waals surface area contributed by atoms with Gasteiger partial charge < -0.3 is 9.94 Å². The highest BCUT2D eigenvalue weighted by Crippen LogP contribution is 2.24. The van der Waals surface area contributed by atoms with E-state index in [4.69, 9.17) is 5.11 Å². The summed E-state index contributed by atoms with van der Waals surface area (Å²) in [6.45, 7) is 0. The third-order valence-electron chi connectivity index (χ3n) is 1.13. The van der Waals surface area contributed by atoms with E-state index in [2.05, 4.69) is 10.7 Å². The Labute approximate surface area is 61.0 Å². The molecule has 0 atom stereocenters. The number of aromatic hydroxyl groups is 1. The van der Waals surface area contributed by atoms with Crippen LogP contribution >= 0.6 is 0 Å². The summed E-state index contributed by atoms with van der Waals surface area (Å²) in [6.07, 6.45) is 0. The fourth-order valence-electron chi connectivity index (χ4n) is 0.608. The van der Waals surface area contributed by atoms with Gasteiger partial charge in [-0.2, -0.15) is 5.90 Å². The van der Waals surface area contributed by atoms with Crippen molar-refractivity contribution < 1.29 is 18.7 Å². The van der Waals surface area contributed by atoms with Gasteiger partial charge in [-0.25, -0.2) is 8.78 Å². The van der Waals surface area contributed by atoms with Gasteiger partial charge in [0.05, 0.1) is 0 Å². The monoisotopic (exact) mass is 161 g/mol. The summed E-state index contributed by atoms with van der Waals surface area (Å²) < 4.78 is 24.9. The van der Waals surface area contributed by atoms with Crippen LogP contribution < -0.4 is 10.7 Å². The molecule has 0 heterocycles. The van der Waals surface area contributed by atoms with Crippen LogP contribution in [0.5, 0.6) is 11.5 Å². The van der Waals surface area contributed by atoms with Crippen LogP contribution in [0.2, 0.25) is 0 Å². The number of nitrogens with two attached hydrogens (primary N) is 1. The van der Waals surface area contributed by atoms with Gasteiger partial charge in [0, 0.05) is 12.1 Å². The predicted octanol–water partition coefficient (Wildman–Crippen LogP) is 0.923. The minimum absolute atomic E-state index is 0.444. The standard InChI is InChI=1S/C6H5F2NO2/c7-3-2-6(11-9)4(8)1-5(3)10/h1-2,10H,9H2. The smallest absolute Gasteiger partial charge is 0.185 e. The van der Waals surface area contributed by atoms with Gasteiger partial charge in [0.25, 0.3) is 0 Å². The van der Waals surface area contributed by atoms with Gasteiger partial charge in [-0.05, 0) is 0 Å². The van der Waals surface area contributed by atoms with E-state index in [0.717, 1.165) is 0 Å². The maximum atomic E-state index is 12.5. The van der Waals surface area contributed by atoms with E-state index >= 15 is 0 Å². The Kier molecular flexibility index (Phi) is 1.91. The van der Waals surface area contributed by atoms with Gasteiger partial charge in [0.2, 0.25) is 0 Å². The van der Waals surface area contributed by atoms with Crippen LogP contribution in [-0.2, 0) is 0 Å². The van der Waals surface area contributed by atoms with Crippen LogP contribution in [0.1, 0.15) is 0 Å². The summed E-state index contributed by atoms with van der Waals surface area (Å²) in [5.41, 5.74) is 0. The first-order valence-corrected chi connectivity index (χ1v) is 2.70. The third-order valence-corrected chi connectivity index (χ3v) is 1.13. The highest BCUT2D eigenvalue weighted by Gasteiger charge is 2.08. The Morgan fingerprint density at radius 3 is 2.45 bits per heavy atom. The molecule has 3 nitrogen and oxygen atoms in total. The molecule has 60 valence electrons. The number of benzene rings is 1. The van der Waals surface area contributed by atoms with Crippen LogP contribution in [0, 0.1) is 11.6 Å². The molecule has 0 spiro atoms. The lowest BCUT2D eigenvalue weighted by Crippen LogP contribution is -2.04. The van der Waals surface area contributed by atoms with Gasteiger partial charge in [0.15, 0.2) is 23.1 Å². The summed E-state index contributed by atoms with van der Waals surface area (Å²) in [4.78, 5) is 3.95. The van der Waals surface area contributed by atoms with Gasteiger partial charge in [0.1, 0.15) is 0 Å². The molecule has 0 bridgehead atoms. The first-order chi connectivity index (χ1) is 5.15. The Balaban J connectivity index is 3.21. The molecule has 5 heteroatoms. The maximum Gasteiger partial charge on any atom is 0.185 e. The summed E-state index contributed by atoms with van der Waals surface area (Å²) in [5.74, 6) is 1.47. The van der Waals surface area contributed by atoms with Gasteiger partial charge >= 0.3 is 0 Å². The Bertz CT molecular complexity index is 278. The van der Waals surface area contributed by atoms with Crippen molar-refractivity contribution in [1.29, 1.82) is 0 Å². The normalized spacial score (nSPS) is 9.73. The fraction of sp³-hybridized carbons (Fsp3) is 0. The van der Waals surface area contributed by atoms with E-state index in [1.54, 1.807) is 0 Å². The molecule has 1 rings (SSSR count). The second-order valence-electron chi connectivity index (χ2n) is 1.85. The highest BCUT2D eigenvalue weighted by atomic mass is 19.1. The van der Waals surface area contributed by atoms with E-state index < -0.39 is 23.1 Å². The second-order valence-corrected chi connectivity index (χ2v) is 1.85. The van der Waals surface area contributed by atoms with Gasteiger partial charge in [-0.1, -0.05) is 0 Å². The molecule has 3 N–H and O–H groups in total. The topological polar surface area (TPSA) is 55.5 Å². The summed E-state index contributed by atoms with van der Waals surface area (Å²) in [5, 5.41) is 8.61. The zero-order chi connectivity index (χ0) is 8.43. The van der Waals surface area contributed by atoms with E-state index in [1.807, 2.05) is 0 Å². The van der Waals surface area contributed by atoms with Crippen LogP contribution in [0.15, 0.2) is 12.1 Å². The van der Waals surface area contributed by atoms with Crippen molar-refractivity contribution in [2.75, 3.05) is 0 Å². The molecular formula is C6H5F2NO2. The molecule has 11 heavy (non-hydrogen) atoms. The summed E-state index contributed by atoms with van der Waals surface area (Å²) in [7, 11) is 0. The number of halogens is 2. The molecule has 0 amide bonds. The minimum atomic E-state index is -0.980. The molecule has 1 aromatic carbocycles. The molecular weight excluding hydrogens is 156 g/mol. The highest BCUT2D eigenvalue weighted by molar-refractivity contribution is 5.33. The molecule has 0 saturated heterocycles.